The lowest BCUT2D eigenvalue weighted by molar-refractivity contribution is -0.384. The molecule has 1 saturated carbocycles. The lowest BCUT2D eigenvalue weighted by atomic mass is 9.87. The molecule has 2 aromatic rings. The first-order valence-corrected chi connectivity index (χ1v) is 8.33. The smallest absolute Gasteiger partial charge is 0.311 e. The Morgan fingerprint density at radius 1 is 1.32 bits per heavy atom. The highest BCUT2D eigenvalue weighted by Gasteiger charge is 2.24. The SMILES string of the molecule is C[C@H]1CC[C@@H](Nc2c([N+](=O)[O-])cnc3ccc(Br)cc23)CC1. The fourth-order valence-electron chi connectivity index (χ4n) is 3.05. The van der Waals surface area contributed by atoms with Gasteiger partial charge in [-0.25, -0.2) is 4.98 Å². The van der Waals surface area contributed by atoms with Crippen LogP contribution in [0.2, 0.25) is 0 Å². The van der Waals surface area contributed by atoms with Gasteiger partial charge in [0.2, 0.25) is 0 Å². The van der Waals surface area contributed by atoms with E-state index in [4.69, 9.17) is 0 Å². The van der Waals surface area contributed by atoms with Crippen molar-refractivity contribution in [1.29, 1.82) is 0 Å². The monoisotopic (exact) mass is 363 g/mol. The van der Waals surface area contributed by atoms with E-state index in [9.17, 15) is 10.1 Å². The van der Waals surface area contributed by atoms with Gasteiger partial charge in [0.1, 0.15) is 11.9 Å². The Balaban J connectivity index is 2.02. The summed E-state index contributed by atoms with van der Waals surface area (Å²) < 4.78 is 0.891. The van der Waals surface area contributed by atoms with Crippen LogP contribution in [0, 0.1) is 16.0 Å². The average molecular weight is 364 g/mol. The molecule has 1 aliphatic rings. The van der Waals surface area contributed by atoms with Gasteiger partial charge >= 0.3 is 5.69 Å². The van der Waals surface area contributed by atoms with E-state index in [2.05, 4.69) is 33.2 Å². The second-order valence-electron chi connectivity index (χ2n) is 6.04. The summed E-state index contributed by atoms with van der Waals surface area (Å²) >= 11 is 3.44. The van der Waals surface area contributed by atoms with Crippen LogP contribution < -0.4 is 5.32 Å². The largest absolute Gasteiger partial charge is 0.376 e. The van der Waals surface area contributed by atoms with Crippen LogP contribution in [0.5, 0.6) is 0 Å². The number of fused-ring (bicyclic) bond motifs is 1. The van der Waals surface area contributed by atoms with Gasteiger partial charge in [0, 0.05) is 15.9 Å². The summed E-state index contributed by atoms with van der Waals surface area (Å²) in [6, 6.07) is 5.95. The molecular formula is C16H18BrN3O2. The number of hydrogen-bond acceptors (Lipinski definition) is 4. The number of anilines is 1. The minimum absolute atomic E-state index is 0.0456. The summed E-state index contributed by atoms with van der Waals surface area (Å²) in [4.78, 5) is 15.2. The van der Waals surface area contributed by atoms with E-state index in [-0.39, 0.29) is 10.6 Å². The summed E-state index contributed by atoms with van der Waals surface area (Å²) in [7, 11) is 0. The predicted molar refractivity (Wildman–Crippen MR) is 91.1 cm³/mol. The highest BCUT2D eigenvalue weighted by Crippen LogP contribution is 2.35. The van der Waals surface area contributed by atoms with Crippen molar-refractivity contribution < 1.29 is 4.92 Å². The van der Waals surface area contributed by atoms with Crippen molar-refractivity contribution in [3.8, 4) is 0 Å². The molecule has 0 unspecified atom stereocenters. The van der Waals surface area contributed by atoms with E-state index in [0.29, 0.717) is 11.7 Å². The Morgan fingerprint density at radius 3 is 2.73 bits per heavy atom. The normalized spacial score (nSPS) is 21.7. The maximum absolute atomic E-state index is 11.4. The van der Waals surface area contributed by atoms with Crippen molar-refractivity contribution in [2.75, 3.05) is 5.32 Å². The molecule has 0 saturated heterocycles. The topological polar surface area (TPSA) is 68.1 Å². The zero-order chi connectivity index (χ0) is 15.7. The Kier molecular flexibility index (Phi) is 4.29. The first kappa shape index (κ1) is 15.2. The van der Waals surface area contributed by atoms with E-state index < -0.39 is 0 Å². The summed E-state index contributed by atoms with van der Waals surface area (Å²) in [5.74, 6) is 0.747. The molecular weight excluding hydrogens is 346 g/mol. The lowest BCUT2D eigenvalue weighted by Gasteiger charge is -2.28. The Hall–Kier alpha value is -1.69. The number of nitro groups is 1. The first-order valence-electron chi connectivity index (χ1n) is 7.54. The van der Waals surface area contributed by atoms with Crippen LogP contribution in [0.4, 0.5) is 11.4 Å². The van der Waals surface area contributed by atoms with Crippen molar-refractivity contribution in [2.24, 2.45) is 5.92 Å². The second kappa shape index (κ2) is 6.20. The van der Waals surface area contributed by atoms with Crippen LogP contribution in [0.25, 0.3) is 10.9 Å². The number of pyridine rings is 1. The quantitative estimate of drug-likeness (QED) is 0.622. The summed E-state index contributed by atoms with van der Waals surface area (Å²) in [5, 5.41) is 15.6. The molecule has 3 rings (SSSR count). The van der Waals surface area contributed by atoms with E-state index in [1.807, 2.05) is 18.2 Å². The molecule has 0 spiro atoms. The molecule has 0 amide bonds. The van der Waals surface area contributed by atoms with Crippen molar-refractivity contribution in [2.45, 2.75) is 38.6 Å². The number of nitrogens with one attached hydrogen (secondary N) is 1. The molecule has 1 aromatic carbocycles. The molecule has 1 N–H and O–H groups in total. The van der Waals surface area contributed by atoms with Gasteiger partial charge in [0.05, 0.1) is 10.4 Å². The Morgan fingerprint density at radius 2 is 2.05 bits per heavy atom. The van der Waals surface area contributed by atoms with E-state index in [1.54, 1.807) is 0 Å². The van der Waals surface area contributed by atoms with E-state index in [1.165, 1.54) is 6.20 Å². The van der Waals surface area contributed by atoms with Crippen molar-refractivity contribution in [3.05, 3.63) is 39.0 Å². The van der Waals surface area contributed by atoms with Crippen LogP contribution in [0.1, 0.15) is 32.6 Å². The third-order valence-corrected chi connectivity index (χ3v) is 4.86. The van der Waals surface area contributed by atoms with Crippen LogP contribution in [-0.4, -0.2) is 15.9 Å². The van der Waals surface area contributed by atoms with Gasteiger partial charge in [0.15, 0.2) is 0 Å². The number of nitrogens with zero attached hydrogens (tertiary/aromatic N) is 2. The van der Waals surface area contributed by atoms with E-state index in [0.717, 1.165) is 47.0 Å². The van der Waals surface area contributed by atoms with Crippen LogP contribution in [-0.2, 0) is 0 Å². The fourth-order valence-corrected chi connectivity index (χ4v) is 3.41. The lowest BCUT2D eigenvalue weighted by Crippen LogP contribution is -2.25. The highest BCUT2D eigenvalue weighted by atomic mass is 79.9. The zero-order valence-corrected chi connectivity index (χ0v) is 14.0. The van der Waals surface area contributed by atoms with Crippen LogP contribution in [0.3, 0.4) is 0 Å². The Labute approximate surface area is 137 Å². The molecule has 0 aliphatic heterocycles. The minimum atomic E-state index is -0.360. The number of rotatable bonds is 3. The summed E-state index contributed by atoms with van der Waals surface area (Å²) in [6.45, 7) is 2.26. The van der Waals surface area contributed by atoms with Crippen molar-refractivity contribution in [3.63, 3.8) is 0 Å². The van der Waals surface area contributed by atoms with Gasteiger partial charge in [-0.2, -0.15) is 0 Å². The molecule has 0 atom stereocenters. The van der Waals surface area contributed by atoms with Gasteiger partial charge in [-0.05, 0) is 49.8 Å². The zero-order valence-electron chi connectivity index (χ0n) is 12.4. The molecule has 22 heavy (non-hydrogen) atoms. The maximum atomic E-state index is 11.4. The second-order valence-corrected chi connectivity index (χ2v) is 6.95. The molecule has 1 fully saturated rings. The number of hydrogen-bond donors (Lipinski definition) is 1. The molecule has 1 aromatic heterocycles. The van der Waals surface area contributed by atoms with Gasteiger partial charge in [0.25, 0.3) is 0 Å². The summed E-state index contributed by atoms with van der Waals surface area (Å²) in [5.41, 5.74) is 1.40. The fraction of sp³-hybridized carbons (Fsp3) is 0.438. The third-order valence-electron chi connectivity index (χ3n) is 4.37. The standard InChI is InChI=1S/C16H18BrN3O2/c1-10-2-5-12(6-3-10)19-16-13-8-11(17)4-7-14(13)18-9-15(16)20(21)22/h4,7-10,12H,2-3,5-6H2,1H3,(H,18,19)/t10-,12+. The molecule has 0 radical (unpaired) electrons. The van der Waals surface area contributed by atoms with Crippen molar-refractivity contribution in [1.82, 2.24) is 4.98 Å². The Bertz CT molecular complexity index is 712. The number of benzene rings is 1. The molecule has 1 heterocycles. The van der Waals surface area contributed by atoms with Gasteiger partial charge in [-0.15, -0.1) is 0 Å². The maximum Gasteiger partial charge on any atom is 0.311 e. The molecule has 0 bridgehead atoms. The molecule has 5 nitrogen and oxygen atoms in total. The summed E-state index contributed by atoms with van der Waals surface area (Å²) in [6.07, 6.45) is 5.78. The molecule has 116 valence electrons. The average Bonchev–Trinajstić information content (AvgIpc) is 2.49. The number of halogens is 1. The highest BCUT2D eigenvalue weighted by molar-refractivity contribution is 9.10. The van der Waals surface area contributed by atoms with Gasteiger partial charge in [-0.3, -0.25) is 10.1 Å². The van der Waals surface area contributed by atoms with E-state index >= 15 is 0 Å². The minimum Gasteiger partial charge on any atom is -0.376 e. The first-order chi connectivity index (χ1) is 10.5. The predicted octanol–water partition coefficient (Wildman–Crippen LogP) is 4.90. The molecule has 6 heteroatoms. The molecule has 1 aliphatic carbocycles. The van der Waals surface area contributed by atoms with Gasteiger partial charge < -0.3 is 5.32 Å². The van der Waals surface area contributed by atoms with Crippen LogP contribution in [0.15, 0.2) is 28.9 Å². The van der Waals surface area contributed by atoms with Crippen LogP contribution >= 0.6 is 15.9 Å². The number of aromatic nitrogens is 1. The third kappa shape index (κ3) is 3.06. The van der Waals surface area contributed by atoms with Gasteiger partial charge in [-0.1, -0.05) is 22.9 Å². The van der Waals surface area contributed by atoms with Crippen molar-refractivity contribution >= 4 is 38.2 Å².